The van der Waals surface area contributed by atoms with Crippen molar-refractivity contribution in [2.24, 2.45) is 5.92 Å². The SMILES string of the molecule is CC1CCc2sc(C(=O)NNC(=O)c3cc(OCC(F)(F)F)ccc3[N+](=O)[O-])cc2C1. The van der Waals surface area contributed by atoms with Crippen LogP contribution in [0, 0.1) is 16.0 Å². The highest BCUT2D eigenvalue weighted by Crippen LogP contribution is 2.32. The number of nitro benzene ring substituents is 1. The second-order valence-electron chi connectivity index (χ2n) is 7.16. The number of halogens is 3. The van der Waals surface area contributed by atoms with Crippen molar-refractivity contribution in [3.8, 4) is 5.75 Å². The van der Waals surface area contributed by atoms with E-state index >= 15 is 0 Å². The van der Waals surface area contributed by atoms with Crippen LogP contribution in [0.1, 0.15) is 43.8 Å². The number of hydrogen-bond acceptors (Lipinski definition) is 6. The van der Waals surface area contributed by atoms with Crippen molar-refractivity contribution in [2.75, 3.05) is 6.61 Å². The number of thiophene rings is 1. The summed E-state index contributed by atoms with van der Waals surface area (Å²) >= 11 is 1.31. The summed E-state index contributed by atoms with van der Waals surface area (Å²) in [5, 5.41) is 11.2. The van der Waals surface area contributed by atoms with Gasteiger partial charge in [-0.3, -0.25) is 30.6 Å². The Bertz CT molecular complexity index is 1020. The van der Waals surface area contributed by atoms with Crippen LogP contribution in [0.15, 0.2) is 24.3 Å². The van der Waals surface area contributed by atoms with Gasteiger partial charge in [-0.15, -0.1) is 11.3 Å². The molecule has 166 valence electrons. The normalized spacial score (nSPS) is 15.7. The minimum Gasteiger partial charge on any atom is -0.484 e. The predicted octanol–water partition coefficient (Wildman–Crippen LogP) is 3.80. The van der Waals surface area contributed by atoms with Gasteiger partial charge in [-0.1, -0.05) is 6.92 Å². The van der Waals surface area contributed by atoms with Crippen LogP contribution in [0.4, 0.5) is 18.9 Å². The second kappa shape index (κ2) is 8.92. The molecule has 0 saturated heterocycles. The molecule has 0 aliphatic heterocycles. The molecule has 0 radical (unpaired) electrons. The lowest BCUT2D eigenvalue weighted by Gasteiger charge is -2.16. The van der Waals surface area contributed by atoms with E-state index in [1.165, 1.54) is 11.3 Å². The fourth-order valence-corrected chi connectivity index (χ4v) is 4.27. The van der Waals surface area contributed by atoms with Gasteiger partial charge in [-0.2, -0.15) is 13.2 Å². The summed E-state index contributed by atoms with van der Waals surface area (Å²) in [7, 11) is 0. The number of hydrazine groups is 1. The molecule has 1 aromatic heterocycles. The fraction of sp³-hybridized carbons (Fsp3) is 0.368. The molecule has 0 spiro atoms. The van der Waals surface area contributed by atoms with Crippen LogP contribution in [0.3, 0.4) is 0 Å². The first-order valence-electron chi connectivity index (χ1n) is 9.23. The topological polar surface area (TPSA) is 111 Å². The van der Waals surface area contributed by atoms with Crippen LogP contribution in [0.2, 0.25) is 0 Å². The third kappa shape index (κ3) is 5.72. The van der Waals surface area contributed by atoms with E-state index in [0.717, 1.165) is 47.9 Å². The number of carbonyl (C=O) groups is 2. The monoisotopic (exact) mass is 457 g/mol. The Hall–Kier alpha value is -3.15. The summed E-state index contributed by atoms with van der Waals surface area (Å²) in [5.41, 5.74) is 4.15. The molecule has 31 heavy (non-hydrogen) atoms. The molecular weight excluding hydrogens is 439 g/mol. The molecule has 8 nitrogen and oxygen atoms in total. The molecule has 0 fully saturated rings. The second-order valence-corrected chi connectivity index (χ2v) is 8.29. The number of fused-ring (bicyclic) bond motifs is 1. The minimum absolute atomic E-state index is 0.376. The number of alkyl halides is 3. The van der Waals surface area contributed by atoms with Gasteiger partial charge in [-0.05, 0) is 48.9 Å². The van der Waals surface area contributed by atoms with Gasteiger partial charge in [0, 0.05) is 10.9 Å². The predicted molar refractivity (Wildman–Crippen MR) is 105 cm³/mol. The number of benzene rings is 1. The summed E-state index contributed by atoms with van der Waals surface area (Å²) in [5.74, 6) is -1.51. The van der Waals surface area contributed by atoms with E-state index in [0.29, 0.717) is 10.8 Å². The van der Waals surface area contributed by atoms with Crippen LogP contribution in [-0.4, -0.2) is 29.5 Å². The molecule has 1 aliphatic carbocycles. The van der Waals surface area contributed by atoms with Gasteiger partial charge in [0.15, 0.2) is 6.61 Å². The molecule has 1 aliphatic rings. The van der Waals surface area contributed by atoms with Gasteiger partial charge < -0.3 is 4.74 Å². The zero-order valence-corrected chi connectivity index (χ0v) is 17.1. The first kappa shape index (κ1) is 22.5. The van der Waals surface area contributed by atoms with E-state index in [1.54, 1.807) is 6.07 Å². The molecule has 1 atom stereocenters. The van der Waals surface area contributed by atoms with Crippen LogP contribution in [0.5, 0.6) is 5.75 Å². The Labute approximate surface area is 178 Å². The average Bonchev–Trinajstić information content (AvgIpc) is 3.12. The van der Waals surface area contributed by atoms with Crippen LogP contribution < -0.4 is 15.6 Å². The van der Waals surface area contributed by atoms with E-state index in [-0.39, 0.29) is 5.75 Å². The highest BCUT2D eigenvalue weighted by atomic mass is 32.1. The van der Waals surface area contributed by atoms with Gasteiger partial charge in [-0.25, -0.2) is 0 Å². The third-order valence-corrected chi connectivity index (χ3v) is 5.89. The summed E-state index contributed by atoms with van der Waals surface area (Å²) < 4.78 is 41.5. The third-order valence-electron chi connectivity index (χ3n) is 4.65. The summed E-state index contributed by atoms with van der Waals surface area (Å²) in [6.07, 6.45) is -1.85. The molecular formula is C19H18F3N3O5S. The molecule has 2 aromatic rings. The molecule has 2 amide bonds. The molecule has 1 aromatic carbocycles. The van der Waals surface area contributed by atoms with Crippen molar-refractivity contribution in [3.63, 3.8) is 0 Å². The molecule has 0 bridgehead atoms. The van der Waals surface area contributed by atoms with Gasteiger partial charge in [0.25, 0.3) is 17.5 Å². The van der Waals surface area contributed by atoms with E-state index in [4.69, 9.17) is 0 Å². The summed E-state index contributed by atoms with van der Waals surface area (Å²) in [4.78, 5) is 36.6. The highest BCUT2D eigenvalue weighted by Gasteiger charge is 2.29. The Morgan fingerprint density at radius 1 is 1.26 bits per heavy atom. The van der Waals surface area contributed by atoms with Gasteiger partial charge in [0.1, 0.15) is 11.3 Å². The maximum atomic E-state index is 12.4. The van der Waals surface area contributed by atoms with Crippen molar-refractivity contribution in [1.29, 1.82) is 0 Å². The van der Waals surface area contributed by atoms with Crippen LogP contribution in [-0.2, 0) is 12.8 Å². The number of aryl methyl sites for hydroxylation is 1. The van der Waals surface area contributed by atoms with Crippen molar-refractivity contribution in [2.45, 2.75) is 32.4 Å². The van der Waals surface area contributed by atoms with E-state index < -0.39 is 40.8 Å². The largest absolute Gasteiger partial charge is 0.484 e. The highest BCUT2D eigenvalue weighted by molar-refractivity contribution is 7.14. The van der Waals surface area contributed by atoms with Crippen molar-refractivity contribution in [1.82, 2.24) is 10.9 Å². The molecule has 1 heterocycles. The van der Waals surface area contributed by atoms with Crippen LogP contribution in [0.25, 0.3) is 0 Å². The molecule has 1 unspecified atom stereocenters. The number of ether oxygens (including phenoxy) is 1. The number of nitrogens with one attached hydrogen (secondary N) is 2. The first-order valence-corrected chi connectivity index (χ1v) is 10.1. The Morgan fingerprint density at radius 2 is 1.97 bits per heavy atom. The lowest BCUT2D eigenvalue weighted by Crippen LogP contribution is -2.41. The Morgan fingerprint density at radius 3 is 2.65 bits per heavy atom. The minimum atomic E-state index is -4.62. The Balaban J connectivity index is 1.70. The number of rotatable bonds is 5. The van der Waals surface area contributed by atoms with E-state index in [9.17, 15) is 32.9 Å². The molecule has 12 heteroatoms. The zero-order chi connectivity index (χ0) is 22.8. The van der Waals surface area contributed by atoms with Gasteiger partial charge in [0.2, 0.25) is 0 Å². The van der Waals surface area contributed by atoms with E-state index in [2.05, 4.69) is 22.5 Å². The van der Waals surface area contributed by atoms with Crippen molar-refractivity contribution >= 4 is 28.8 Å². The number of amides is 2. The van der Waals surface area contributed by atoms with Gasteiger partial charge in [0.05, 0.1) is 9.80 Å². The molecule has 2 N–H and O–H groups in total. The van der Waals surface area contributed by atoms with Crippen LogP contribution >= 0.6 is 11.3 Å². The smallest absolute Gasteiger partial charge is 0.422 e. The van der Waals surface area contributed by atoms with Gasteiger partial charge >= 0.3 is 6.18 Å². The summed E-state index contributed by atoms with van der Waals surface area (Å²) in [6.45, 7) is 0.504. The number of carbonyl (C=O) groups excluding carboxylic acids is 2. The summed E-state index contributed by atoms with van der Waals surface area (Å²) in [6, 6.07) is 4.38. The number of nitrogens with zero attached hydrogens (tertiary/aromatic N) is 1. The quantitative estimate of drug-likeness (QED) is 0.524. The number of nitro groups is 1. The van der Waals surface area contributed by atoms with Crippen molar-refractivity contribution < 1.29 is 32.4 Å². The maximum Gasteiger partial charge on any atom is 0.422 e. The standard InChI is InChI=1S/C19H18F3N3O5S/c1-10-2-5-15-11(6-10)7-16(31-15)18(27)24-23-17(26)13-8-12(30-9-19(20,21)22)3-4-14(13)25(28)29/h3-4,7-8,10H,2,5-6,9H2,1H3,(H,23,26)(H,24,27). The zero-order valence-electron chi connectivity index (χ0n) is 16.2. The molecule has 3 rings (SSSR count). The lowest BCUT2D eigenvalue weighted by atomic mass is 9.90. The average molecular weight is 457 g/mol. The fourth-order valence-electron chi connectivity index (χ4n) is 3.17. The first-order chi connectivity index (χ1) is 14.5. The van der Waals surface area contributed by atoms with E-state index in [1.807, 2.05) is 0 Å². The number of hydrogen-bond donors (Lipinski definition) is 2. The Kier molecular flexibility index (Phi) is 6.48. The molecule has 0 saturated carbocycles. The lowest BCUT2D eigenvalue weighted by molar-refractivity contribution is -0.385. The van der Waals surface area contributed by atoms with Crippen molar-refractivity contribution in [3.05, 3.63) is 55.3 Å². The maximum absolute atomic E-state index is 12.4.